The normalized spacial score (nSPS) is 16.2. The van der Waals surface area contributed by atoms with Crippen LogP contribution in [0.2, 0.25) is 0 Å². The lowest BCUT2D eigenvalue weighted by molar-refractivity contribution is -0.142. The summed E-state index contributed by atoms with van der Waals surface area (Å²) in [4.78, 5) is 41.6. The van der Waals surface area contributed by atoms with Crippen LogP contribution in [-0.4, -0.2) is 27.9 Å². The van der Waals surface area contributed by atoms with Gasteiger partial charge in [0.15, 0.2) is 0 Å². The molecule has 1 aromatic heterocycles. The first kappa shape index (κ1) is 17.3. The van der Waals surface area contributed by atoms with Crippen molar-refractivity contribution in [1.82, 2.24) is 9.13 Å². The van der Waals surface area contributed by atoms with E-state index in [1.165, 1.54) is 25.8 Å². The zero-order valence-electron chi connectivity index (χ0n) is 13.9. The number of carbonyl (C=O) groups is 1. The second kappa shape index (κ2) is 6.44. The molecular formula is C17H16BrN3O4. The number of carbonyl (C=O) groups excluding carboxylic acids is 1. The Labute approximate surface area is 151 Å². The van der Waals surface area contributed by atoms with Gasteiger partial charge in [0.1, 0.15) is 5.82 Å². The van der Waals surface area contributed by atoms with Gasteiger partial charge in [0.05, 0.1) is 24.3 Å². The molecule has 2 aromatic rings. The summed E-state index contributed by atoms with van der Waals surface area (Å²) in [7, 11) is 4.19. The number of methoxy groups -OCH3 is 1. The lowest BCUT2D eigenvalue weighted by Gasteiger charge is -2.24. The Hall–Kier alpha value is -2.48. The molecule has 0 aliphatic carbocycles. The first-order chi connectivity index (χ1) is 11.8. The molecular weight excluding hydrogens is 390 g/mol. The molecule has 0 saturated carbocycles. The Kier molecular flexibility index (Phi) is 4.47. The quantitative estimate of drug-likeness (QED) is 0.710. The molecule has 1 atom stereocenters. The summed E-state index contributed by atoms with van der Waals surface area (Å²) < 4.78 is 8.06. The highest BCUT2D eigenvalue weighted by Crippen LogP contribution is 2.33. The molecule has 7 nitrogen and oxygen atoms in total. The third-order valence-corrected chi connectivity index (χ3v) is 4.85. The molecule has 3 rings (SSSR count). The van der Waals surface area contributed by atoms with E-state index < -0.39 is 23.1 Å². The number of hydrogen-bond acceptors (Lipinski definition) is 5. The average molecular weight is 406 g/mol. The summed E-state index contributed by atoms with van der Waals surface area (Å²) in [5, 5.41) is 0. The van der Waals surface area contributed by atoms with Crippen LogP contribution in [0.3, 0.4) is 0 Å². The molecule has 1 aliphatic rings. The summed E-state index contributed by atoms with van der Waals surface area (Å²) in [5.41, 5.74) is 0.618. The lowest BCUT2D eigenvalue weighted by atomic mass is 9.89. The van der Waals surface area contributed by atoms with Crippen LogP contribution in [-0.2, 0) is 23.6 Å². The second-order valence-corrected chi connectivity index (χ2v) is 6.70. The van der Waals surface area contributed by atoms with Gasteiger partial charge in [-0.2, -0.15) is 0 Å². The summed E-state index contributed by atoms with van der Waals surface area (Å²) in [6.07, 6.45) is 0.231. The fourth-order valence-corrected chi connectivity index (χ4v) is 3.20. The van der Waals surface area contributed by atoms with Gasteiger partial charge in [-0.1, -0.05) is 28.1 Å². The summed E-state index contributed by atoms with van der Waals surface area (Å²) in [5.74, 6) is -1.13. The number of halogens is 1. The van der Waals surface area contributed by atoms with E-state index in [9.17, 15) is 14.4 Å². The summed E-state index contributed by atoms with van der Waals surface area (Å²) >= 11 is 3.38. The van der Waals surface area contributed by atoms with Gasteiger partial charge in [0, 0.05) is 25.0 Å². The molecule has 0 saturated heterocycles. The van der Waals surface area contributed by atoms with Gasteiger partial charge >= 0.3 is 11.7 Å². The number of esters is 1. The zero-order valence-corrected chi connectivity index (χ0v) is 15.5. The SMILES string of the molecule is COC(=O)C1CC(c2ccc(Br)cc2)=Nc2c1c(=O)n(C)c(=O)n2C. The number of benzene rings is 1. The van der Waals surface area contributed by atoms with Crippen molar-refractivity contribution in [3.05, 3.63) is 60.7 Å². The number of aliphatic imine (C=N–C) groups is 1. The lowest BCUT2D eigenvalue weighted by Crippen LogP contribution is -2.42. The van der Waals surface area contributed by atoms with Crippen molar-refractivity contribution >= 4 is 33.4 Å². The highest BCUT2D eigenvalue weighted by atomic mass is 79.9. The highest BCUT2D eigenvalue weighted by molar-refractivity contribution is 9.10. The molecule has 1 aliphatic heterocycles. The fraction of sp³-hybridized carbons (Fsp3) is 0.294. The van der Waals surface area contributed by atoms with Crippen LogP contribution in [0.5, 0.6) is 0 Å². The van der Waals surface area contributed by atoms with E-state index in [2.05, 4.69) is 20.9 Å². The number of nitrogens with zero attached hydrogens (tertiary/aromatic N) is 3. The minimum absolute atomic E-state index is 0.192. The maximum Gasteiger partial charge on any atom is 0.332 e. The largest absolute Gasteiger partial charge is 0.469 e. The molecule has 0 N–H and O–H groups in total. The summed E-state index contributed by atoms with van der Waals surface area (Å²) in [6.45, 7) is 0. The van der Waals surface area contributed by atoms with Gasteiger partial charge in [-0.3, -0.25) is 18.7 Å². The van der Waals surface area contributed by atoms with Gasteiger partial charge < -0.3 is 4.74 Å². The molecule has 1 unspecified atom stereocenters. The van der Waals surface area contributed by atoms with E-state index in [1.54, 1.807) is 0 Å². The van der Waals surface area contributed by atoms with Crippen LogP contribution in [0, 0.1) is 0 Å². The molecule has 0 spiro atoms. The monoisotopic (exact) mass is 405 g/mol. The third kappa shape index (κ3) is 2.86. The molecule has 25 heavy (non-hydrogen) atoms. The predicted molar refractivity (Wildman–Crippen MR) is 96.6 cm³/mol. The Morgan fingerprint density at radius 1 is 1.20 bits per heavy atom. The minimum Gasteiger partial charge on any atom is -0.469 e. The Morgan fingerprint density at radius 2 is 1.84 bits per heavy atom. The maximum absolute atomic E-state index is 12.6. The Balaban J connectivity index is 2.30. The van der Waals surface area contributed by atoms with Crippen molar-refractivity contribution in [1.29, 1.82) is 0 Å². The topological polar surface area (TPSA) is 82.7 Å². The van der Waals surface area contributed by atoms with Gasteiger partial charge in [0.2, 0.25) is 0 Å². The average Bonchev–Trinajstić information content (AvgIpc) is 2.63. The van der Waals surface area contributed by atoms with Gasteiger partial charge in [-0.05, 0) is 17.7 Å². The minimum atomic E-state index is -0.804. The van der Waals surface area contributed by atoms with E-state index in [0.717, 1.165) is 14.6 Å². The zero-order chi connectivity index (χ0) is 18.3. The molecule has 8 heteroatoms. The molecule has 130 valence electrons. The molecule has 0 amide bonds. The number of rotatable bonds is 2. The van der Waals surface area contributed by atoms with E-state index in [0.29, 0.717) is 5.71 Å². The van der Waals surface area contributed by atoms with Crippen LogP contribution in [0.15, 0.2) is 43.3 Å². The third-order valence-electron chi connectivity index (χ3n) is 4.32. The highest BCUT2D eigenvalue weighted by Gasteiger charge is 2.35. The van der Waals surface area contributed by atoms with E-state index >= 15 is 0 Å². The van der Waals surface area contributed by atoms with Crippen molar-refractivity contribution in [2.24, 2.45) is 19.1 Å². The molecule has 0 radical (unpaired) electrons. The second-order valence-electron chi connectivity index (χ2n) is 5.79. The maximum atomic E-state index is 12.6. The van der Waals surface area contributed by atoms with Crippen LogP contribution in [0.25, 0.3) is 0 Å². The first-order valence-corrected chi connectivity index (χ1v) is 8.35. The standard InChI is InChI=1S/C17H16BrN3O4/c1-20-14-13(15(22)21(2)17(20)24)11(16(23)25-3)8-12(19-14)9-4-6-10(18)7-5-9/h4-7,11H,8H2,1-3H3. The van der Waals surface area contributed by atoms with Crippen LogP contribution >= 0.6 is 15.9 Å². The Morgan fingerprint density at radius 3 is 2.44 bits per heavy atom. The molecule has 0 bridgehead atoms. The van der Waals surface area contributed by atoms with Crippen molar-refractivity contribution < 1.29 is 9.53 Å². The van der Waals surface area contributed by atoms with Crippen LogP contribution in [0.1, 0.15) is 23.5 Å². The summed E-state index contributed by atoms with van der Waals surface area (Å²) in [6, 6.07) is 7.45. The van der Waals surface area contributed by atoms with Crippen LogP contribution in [0.4, 0.5) is 5.82 Å². The number of hydrogen-bond donors (Lipinski definition) is 0. The van der Waals surface area contributed by atoms with Gasteiger partial charge in [-0.25, -0.2) is 9.79 Å². The number of aromatic nitrogens is 2. The number of ether oxygens (including phenoxy) is 1. The van der Waals surface area contributed by atoms with E-state index in [4.69, 9.17) is 4.74 Å². The molecule has 0 fully saturated rings. The van der Waals surface area contributed by atoms with E-state index in [1.807, 2.05) is 24.3 Å². The van der Waals surface area contributed by atoms with Gasteiger partial charge in [-0.15, -0.1) is 0 Å². The first-order valence-electron chi connectivity index (χ1n) is 7.56. The molecule has 1 aromatic carbocycles. The van der Waals surface area contributed by atoms with E-state index in [-0.39, 0.29) is 17.8 Å². The van der Waals surface area contributed by atoms with Crippen molar-refractivity contribution in [2.75, 3.05) is 7.11 Å². The Bertz CT molecular complexity index is 1000. The number of fused-ring (bicyclic) bond motifs is 1. The smallest absolute Gasteiger partial charge is 0.332 e. The van der Waals surface area contributed by atoms with Crippen LogP contribution < -0.4 is 11.2 Å². The predicted octanol–water partition coefficient (Wildman–Crippen LogP) is 1.63. The van der Waals surface area contributed by atoms with Crippen molar-refractivity contribution in [3.8, 4) is 0 Å². The molecule has 2 heterocycles. The van der Waals surface area contributed by atoms with Crippen molar-refractivity contribution in [3.63, 3.8) is 0 Å². The van der Waals surface area contributed by atoms with Crippen molar-refractivity contribution in [2.45, 2.75) is 12.3 Å². The fourth-order valence-electron chi connectivity index (χ4n) is 2.94. The van der Waals surface area contributed by atoms with Gasteiger partial charge in [0.25, 0.3) is 5.56 Å².